The molecule has 0 aliphatic carbocycles. The van der Waals surface area contributed by atoms with Crippen molar-refractivity contribution in [3.63, 3.8) is 0 Å². The second kappa shape index (κ2) is 9.64. The Labute approximate surface area is 167 Å². The molecule has 0 aliphatic rings. The first kappa shape index (κ1) is 20.3. The lowest BCUT2D eigenvalue weighted by Crippen LogP contribution is -2.39. The van der Waals surface area contributed by atoms with Gasteiger partial charge in [-0.2, -0.15) is 0 Å². The van der Waals surface area contributed by atoms with Crippen LogP contribution < -0.4 is 10.6 Å². The lowest BCUT2D eigenvalue weighted by atomic mass is 10.1. The van der Waals surface area contributed by atoms with Gasteiger partial charge in [0.1, 0.15) is 11.9 Å². The zero-order valence-electron chi connectivity index (χ0n) is 15.7. The van der Waals surface area contributed by atoms with Crippen LogP contribution >= 0.6 is 11.3 Å². The molecule has 1 unspecified atom stereocenters. The second-order valence-corrected chi connectivity index (χ2v) is 7.48. The van der Waals surface area contributed by atoms with Gasteiger partial charge < -0.3 is 20.8 Å². The maximum absolute atomic E-state index is 13.5. The molecule has 0 radical (unpaired) electrons. The topological polar surface area (TPSA) is 76.9 Å². The highest BCUT2D eigenvalue weighted by Gasteiger charge is 2.12. The minimum absolute atomic E-state index is 0.255. The van der Waals surface area contributed by atoms with Crippen molar-refractivity contribution in [1.82, 2.24) is 10.6 Å². The van der Waals surface area contributed by atoms with E-state index < -0.39 is 11.9 Å². The number of guanidine groups is 1. The Bertz CT molecular complexity index is 925. The number of hydrogen-bond acceptors (Lipinski definition) is 4. The molecule has 5 nitrogen and oxygen atoms in total. The Kier molecular flexibility index (Phi) is 6.97. The molecule has 3 aromatic rings. The van der Waals surface area contributed by atoms with Crippen LogP contribution in [-0.2, 0) is 13.2 Å². The van der Waals surface area contributed by atoms with E-state index in [-0.39, 0.29) is 12.2 Å². The summed E-state index contributed by atoms with van der Waals surface area (Å²) in [5.41, 5.74) is 1.05. The highest BCUT2D eigenvalue weighted by atomic mass is 32.1. The molecular formula is C21H24FN3O2S. The number of aliphatic hydroxyl groups excluding tert-OH is 2. The predicted octanol–water partition coefficient (Wildman–Crippen LogP) is 3.32. The van der Waals surface area contributed by atoms with Crippen LogP contribution in [0, 0.1) is 5.82 Å². The van der Waals surface area contributed by atoms with Gasteiger partial charge in [0, 0.05) is 28.2 Å². The van der Waals surface area contributed by atoms with E-state index in [1.165, 1.54) is 6.07 Å². The van der Waals surface area contributed by atoms with E-state index in [9.17, 15) is 14.6 Å². The van der Waals surface area contributed by atoms with Crippen molar-refractivity contribution in [1.29, 1.82) is 0 Å². The van der Waals surface area contributed by atoms with Crippen LogP contribution in [0.4, 0.5) is 4.39 Å². The quantitative estimate of drug-likeness (QED) is 0.362. The van der Waals surface area contributed by atoms with Gasteiger partial charge in [-0.15, -0.1) is 11.3 Å². The van der Waals surface area contributed by atoms with E-state index in [4.69, 9.17) is 0 Å². The Morgan fingerprint density at radius 3 is 2.75 bits per heavy atom. The summed E-state index contributed by atoms with van der Waals surface area (Å²) < 4.78 is 14.6. The third-order valence-electron chi connectivity index (χ3n) is 4.28. The minimum atomic E-state index is -0.645. The van der Waals surface area contributed by atoms with Gasteiger partial charge in [0.2, 0.25) is 0 Å². The first-order valence-corrected chi connectivity index (χ1v) is 9.99. The molecule has 0 saturated heterocycles. The molecule has 0 spiro atoms. The summed E-state index contributed by atoms with van der Waals surface area (Å²) in [7, 11) is 0. The van der Waals surface area contributed by atoms with Crippen molar-refractivity contribution in [3.05, 3.63) is 70.4 Å². The van der Waals surface area contributed by atoms with Crippen molar-refractivity contribution in [2.75, 3.05) is 13.1 Å². The number of thiophene rings is 1. The van der Waals surface area contributed by atoms with Gasteiger partial charge in [0.25, 0.3) is 0 Å². The lowest BCUT2D eigenvalue weighted by Gasteiger charge is -2.14. The molecule has 0 saturated carbocycles. The summed E-state index contributed by atoms with van der Waals surface area (Å²) >= 11 is 1.58. The first-order valence-electron chi connectivity index (χ1n) is 9.17. The van der Waals surface area contributed by atoms with Gasteiger partial charge in [-0.3, -0.25) is 0 Å². The van der Waals surface area contributed by atoms with E-state index in [0.29, 0.717) is 25.6 Å². The van der Waals surface area contributed by atoms with Crippen LogP contribution in [0.25, 0.3) is 10.1 Å². The molecular weight excluding hydrogens is 377 g/mol. The number of nitrogens with zero attached hydrogens (tertiary/aromatic N) is 1. The largest absolute Gasteiger partial charge is 0.392 e. The smallest absolute Gasteiger partial charge is 0.191 e. The summed E-state index contributed by atoms with van der Waals surface area (Å²) in [5.74, 6) is 0.143. The van der Waals surface area contributed by atoms with Gasteiger partial charge in [-0.25, -0.2) is 9.38 Å². The van der Waals surface area contributed by atoms with Crippen LogP contribution in [0.1, 0.15) is 29.0 Å². The molecule has 28 heavy (non-hydrogen) atoms. The highest BCUT2D eigenvalue weighted by molar-refractivity contribution is 7.19. The zero-order valence-corrected chi connectivity index (χ0v) is 16.5. The lowest BCUT2D eigenvalue weighted by molar-refractivity contribution is 0.184. The third kappa shape index (κ3) is 5.07. The summed E-state index contributed by atoms with van der Waals surface area (Å²) in [5, 5.41) is 27.1. The Morgan fingerprint density at radius 1 is 1.18 bits per heavy atom. The van der Waals surface area contributed by atoms with E-state index in [2.05, 4.69) is 15.6 Å². The molecule has 2 aromatic carbocycles. The first-order chi connectivity index (χ1) is 13.6. The fourth-order valence-electron chi connectivity index (χ4n) is 2.82. The molecule has 0 amide bonds. The summed E-state index contributed by atoms with van der Waals surface area (Å²) in [6, 6.07) is 14.6. The average Bonchev–Trinajstić information content (AvgIpc) is 3.15. The maximum Gasteiger partial charge on any atom is 0.191 e. The number of fused-ring (bicyclic) bond motifs is 1. The van der Waals surface area contributed by atoms with Crippen LogP contribution in [0.15, 0.2) is 53.5 Å². The number of rotatable bonds is 7. The number of halogens is 1. The fraction of sp³-hybridized carbons (Fsp3) is 0.286. The SMILES string of the molecule is CCNC(=NCc1ccc(F)c(CO)c1)NCC(O)c1cc2ccccc2s1. The van der Waals surface area contributed by atoms with Gasteiger partial charge in [0.05, 0.1) is 13.2 Å². The molecule has 0 fully saturated rings. The minimum Gasteiger partial charge on any atom is -0.392 e. The maximum atomic E-state index is 13.5. The van der Waals surface area contributed by atoms with Gasteiger partial charge in [-0.1, -0.05) is 24.3 Å². The standard InChI is InChI=1S/C21H24FN3O2S/c1-2-23-21(24-11-14-7-8-17(22)16(9-14)13-26)25-12-18(27)20-10-15-5-3-4-6-19(15)28-20/h3-10,18,26-27H,2,11-13H2,1H3,(H2,23,24,25). The Morgan fingerprint density at radius 2 is 2.00 bits per heavy atom. The molecule has 0 aliphatic heterocycles. The normalized spacial score (nSPS) is 12.9. The van der Waals surface area contributed by atoms with Crippen molar-refractivity contribution in [2.24, 2.45) is 4.99 Å². The van der Waals surface area contributed by atoms with Gasteiger partial charge >= 0.3 is 0 Å². The van der Waals surface area contributed by atoms with Crippen LogP contribution in [0.3, 0.4) is 0 Å². The van der Waals surface area contributed by atoms with Crippen LogP contribution in [-0.4, -0.2) is 29.3 Å². The Hall–Kier alpha value is -2.48. The van der Waals surface area contributed by atoms with Crippen LogP contribution in [0.5, 0.6) is 0 Å². The zero-order chi connectivity index (χ0) is 19.9. The van der Waals surface area contributed by atoms with E-state index in [1.54, 1.807) is 23.5 Å². The number of benzene rings is 2. The van der Waals surface area contributed by atoms with Crippen molar-refractivity contribution < 1.29 is 14.6 Å². The van der Waals surface area contributed by atoms with E-state index in [1.807, 2.05) is 37.3 Å². The van der Waals surface area contributed by atoms with E-state index in [0.717, 1.165) is 20.5 Å². The molecule has 0 bridgehead atoms. The average molecular weight is 402 g/mol. The molecule has 3 rings (SSSR count). The summed E-state index contributed by atoms with van der Waals surface area (Å²) in [6.07, 6.45) is -0.645. The second-order valence-electron chi connectivity index (χ2n) is 6.36. The summed E-state index contributed by atoms with van der Waals surface area (Å²) in [4.78, 5) is 5.38. The number of aliphatic hydroxyl groups is 2. The molecule has 148 valence electrons. The highest BCUT2D eigenvalue weighted by Crippen LogP contribution is 2.29. The molecule has 1 atom stereocenters. The van der Waals surface area contributed by atoms with Gasteiger partial charge in [-0.05, 0) is 42.1 Å². The van der Waals surface area contributed by atoms with Crippen molar-refractivity contribution >= 4 is 27.4 Å². The predicted molar refractivity (Wildman–Crippen MR) is 112 cm³/mol. The number of hydrogen-bond donors (Lipinski definition) is 4. The monoisotopic (exact) mass is 401 g/mol. The molecule has 4 N–H and O–H groups in total. The summed E-state index contributed by atoms with van der Waals surface area (Å²) in [6.45, 7) is 2.95. The van der Waals surface area contributed by atoms with Crippen LogP contribution in [0.2, 0.25) is 0 Å². The molecule has 7 heteroatoms. The fourth-order valence-corrected chi connectivity index (χ4v) is 3.87. The Balaban J connectivity index is 1.64. The molecule has 1 aromatic heterocycles. The van der Waals surface area contributed by atoms with Gasteiger partial charge in [0.15, 0.2) is 5.96 Å². The van der Waals surface area contributed by atoms with Crippen molar-refractivity contribution in [3.8, 4) is 0 Å². The number of nitrogens with one attached hydrogen (secondary N) is 2. The molecule has 1 heterocycles. The third-order valence-corrected chi connectivity index (χ3v) is 5.50. The van der Waals surface area contributed by atoms with E-state index >= 15 is 0 Å². The van der Waals surface area contributed by atoms with Crippen molar-refractivity contribution in [2.45, 2.75) is 26.2 Å². The number of aliphatic imine (C=N–C) groups is 1.